The number of nitrogen functional groups attached to an aromatic ring is 1. The first-order chi connectivity index (χ1) is 14.6. The Kier molecular flexibility index (Phi) is 6.32. The Balaban J connectivity index is 1.24. The van der Waals surface area contributed by atoms with Gasteiger partial charge in [-0.3, -0.25) is 19.5 Å². The topological polar surface area (TPSA) is 105 Å². The van der Waals surface area contributed by atoms with Crippen LogP contribution in [0.5, 0.6) is 0 Å². The molecule has 1 unspecified atom stereocenters. The Morgan fingerprint density at radius 2 is 1.83 bits per heavy atom. The minimum atomic E-state index is -0.0343. The number of nitrogens with two attached hydrogens (primary N) is 1. The number of carbonyl (C=O) groups excluding carboxylic acids is 2. The quantitative estimate of drug-likeness (QED) is 0.795. The van der Waals surface area contributed by atoms with Crippen LogP contribution in [0.2, 0.25) is 0 Å². The smallest absolute Gasteiger partial charge is 0.226 e. The van der Waals surface area contributed by atoms with E-state index < -0.39 is 0 Å². The monoisotopic (exact) mass is 408 g/mol. The van der Waals surface area contributed by atoms with Crippen molar-refractivity contribution >= 4 is 17.6 Å². The van der Waals surface area contributed by atoms with Gasteiger partial charge in [0, 0.05) is 54.8 Å². The molecule has 0 aliphatic carbocycles. The summed E-state index contributed by atoms with van der Waals surface area (Å²) < 4.78 is 0. The lowest BCUT2D eigenvalue weighted by molar-refractivity contribution is -0.144. The molecule has 158 valence electrons. The predicted molar refractivity (Wildman–Crippen MR) is 112 cm³/mol. The normalized spacial score (nSPS) is 21.0. The molecule has 2 aromatic heterocycles. The number of piperidine rings is 2. The summed E-state index contributed by atoms with van der Waals surface area (Å²) in [5, 5.41) is 0. The molecule has 4 heterocycles. The first-order valence-electron chi connectivity index (χ1n) is 10.6. The van der Waals surface area contributed by atoms with E-state index >= 15 is 0 Å². The van der Waals surface area contributed by atoms with Crippen LogP contribution in [-0.4, -0.2) is 62.6 Å². The van der Waals surface area contributed by atoms with Crippen molar-refractivity contribution in [2.45, 2.75) is 32.2 Å². The number of ketones is 1. The molecule has 30 heavy (non-hydrogen) atoms. The highest BCUT2D eigenvalue weighted by Gasteiger charge is 2.34. The molecule has 0 bridgehead atoms. The zero-order chi connectivity index (χ0) is 20.9. The summed E-state index contributed by atoms with van der Waals surface area (Å²) >= 11 is 0. The van der Waals surface area contributed by atoms with Gasteiger partial charge in [0.2, 0.25) is 11.9 Å². The number of carbonyl (C=O) groups is 2. The average molecular weight is 409 g/mol. The lowest BCUT2D eigenvalue weighted by Crippen LogP contribution is -2.48. The molecule has 0 aromatic carbocycles. The second kappa shape index (κ2) is 9.30. The fraction of sp³-hybridized carbons (Fsp3) is 0.500. The second-order valence-corrected chi connectivity index (χ2v) is 8.24. The van der Waals surface area contributed by atoms with Gasteiger partial charge in [0.15, 0.2) is 5.78 Å². The Bertz CT molecular complexity index is 865. The molecule has 1 amide bonds. The molecular weight excluding hydrogens is 380 g/mol. The highest BCUT2D eigenvalue weighted by atomic mass is 16.2. The summed E-state index contributed by atoms with van der Waals surface area (Å²) in [5.74, 6) is 0.537. The Hall–Kier alpha value is -2.87. The van der Waals surface area contributed by atoms with Crippen LogP contribution < -0.4 is 5.73 Å². The number of rotatable bonds is 5. The van der Waals surface area contributed by atoms with Crippen LogP contribution in [0.15, 0.2) is 36.8 Å². The lowest BCUT2D eigenvalue weighted by atomic mass is 9.89. The highest BCUT2D eigenvalue weighted by molar-refractivity contribution is 5.89. The van der Waals surface area contributed by atoms with Gasteiger partial charge < -0.3 is 10.6 Å². The third-order valence-electron chi connectivity index (χ3n) is 6.11. The first-order valence-corrected chi connectivity index (χ1v) is 10.6. The minimum absolute atomic E-state index is 0.00376. The Morgan fingerprint density at radius 1 is 1.07 bits per heavy atom. The Labute approximate surface area is 176 Å². The number of pyridine rings is 1. The zero-order valence-corrected chi connectivity index (χ0v) is 17.1. The molecule has 2 fully saturated rings. The van der Waals surface area contributed by atoms with Gasteiger partial charge in [-0.05, 0) is 50.9 Å². The first kappa shape index (κ1) is 20.4. The van der Waals surface area contributed by atoms with E-state index in [4.69, 9.17) is 5.73 Å². The van der Waals surface area contributed by atoms with Gasteiger partial charge in [-0.2, -0.15) is 0 Å². The summed E-state index contributed by atoms with van der Waals surface area (Å²) in [6.07, 6.45) is 8.27. The van der Waals surface area contributed by atoms with E-state index in [1.165, 1.54) is 0 Å². The zero-order valence-electron chi connectivity index (χ0n) is 17.1. The number of likely N-dealkylation sites (tertiary alicyclic amines) is 2. The molecule has 0 radical (unpaired) electrons. The molecule has 2 N–H and O–H groups in total. The highest BCUT2D eigenvalue weighted by Crippen LogP contribution is 2.24. The van der Waals surface area contributed by atoms with Crippen molar-refractivity contribution in [3.63, 3.8) is 0 Å². The summed E-state index contributed by atoms with van der Waals surface area (Å²) in [4.78, 5) is 42.1. The van der Waals surface area contributed by atoms with E-state index in [1.807, 2.05) is 18.2 Å². The van der Waals surface area contributed by atoms with Crippen LogP contribution in [0.3, 0.4) is 0 Å². The van der Waals surface area contributed by atoms with Crippen LogP contribution in [0.4, 0.5) is 5.95 Å². The third kappa shape index (κ3) is 4.99. The number of aromatic nitrogens is 3. The standard InChI is InChI=1S/C22H28N6O2/c23-22-25-12-16(13-26-22)14-27-8-4-17(5-9-27)21(30)28-10-6-18(20(29)15-28)11-19-3-1-2-7-24-19/h1-3,7,12-13,17-18H,4-6,8-11,14-15H2,(H2,23,25,26). The molecule has 2 aliphatic rings. The van der Waals surface area contributed by atoms with Crippen molar-refractivity contribution in [3.05, 3.63) is 48.0 Å². The minimum Gasteiger partial charge on any atom is -0.368 e. The van der Waals surface area contributed by atoms with Gasteiger partial charge in [0.1, 0.15) is 0 Å². The van der Waals surface area contributed by atoms with Crippen molar-refractivity contribution in [1.82, 2.24) is 24.8 Å². The van der Waals surface area contributed by atoms with Gasteiger partial charge in [0.05, 0.1) is 6.54 Å². The van der Waals surface area contributed by atoms with Crippen LogP contribution in [0, 0.1) is 11.8 Å². The number of hydrogen-bond donors (Lipinski definition) is 1. The van der Waals surface area contributed by atoms with Crippen molar-refractivity contribution in [3.8, 4) is 0 Å². The van der Waals surface area contributed by atoms with Gasteiger partial charge in [-0.25, -0.2) is 9.97 Å². The average Bonchev–Trinajstić information content (AvgIpc) is 2.77. The summed E-state index contributed by atoms with van der Waals surface area (Å²) in [5.41, 5.74) is 7.50. The maximum Gasteiger partial charge on any atom is 0.226 e. The van der Waals surface area contributed by atoms with Crippen LogP contribution in [0.1, 0.15) is 30.5 Å². The van der Waals surface area contributed by atoms with Crippen LogP contribution in [-0.2, 0) is 22.6 Å². The SMILES string of the molecule is Nc1ncc(CN2CCC(C(=O)N3CCC(Cc4ccccn4)C(=O)C3)CC2)cn1. The van der Waals surface area contributed by atoms with E-state index in [2.05, 4.69) is 19.9 Å². The number of nitrogens with zero attached hydrogens (tertiary/aromatic N) is 5. The summed E-state index contributed by atoms with van der Waals surface area (Å²) in [6.45, 7) is 3.36. The van der Waals surface area contributed by atoms with E-state index in [0.29, 0.717) is 13.0 Å². The molecule has 0 spiro atoms. The van der Waals surface area contributed by atoms with Gasteiger partial charge in [-0.1, -0.05) is 6.07 Å². The molecule has 2 saturated heterocycles. The fourth-order valence-electron chi connectivity index (χ4n) is 4.35. The predicted octanol–water partition coefficient (Wildman–Crippen LogP) is 1.33. The maximum atomic E-state index is 13.0. The van der Waals surface area contributed by atoms with E-state index in [0.717, 1.165) is 50.2 Å². The molecule has 1 atom stereocenters. The fourth-order valence-corrected chi connectivity index (χ4v) is 4.35. The third-order valence-corrected chi connectivity index (χ3v) is 6.11. The summed E-state index contributed by atoms with van der Waals surface area (Å²) in [7, 11) is 0. The van der Waals surface area contributed by atoms with Crippen molar-refractivity contribution in [2.24, 2.45) is 11.8 Å². The largest absolute Gasteiger partial charge is 0.368 e. The van der Waals surface area contributed by atoms with Gasteiger partial charge in [-0.15, -0.1) is 0 Å². The molecule has 2 aliphatic heterocycles. The van der Waals surface area contributed by atoms with E-state index in [1.54, 1.807) is 23.5 Å². The lowest BCUT2D eigenvalue weighted by Gasteiger charge is -2.36. The van der Waals surface area contributed by atoms with Crippen LogP contribution in [0.25, 0.3) is 0 Å². The Morgan fingerprint density at radius 3 is 2.50 bits per heavy atom. The molecular formula is C22H28N6O2. The molecule has 8 nitrogen and oxygen atoms in total. The molecule has 0 saturated carbocycles. The van der Waals surface area contributed by atoms with Crippen LogP contribution >= 0.6 is 0 Å². The van der Waals surface area contributed by atoms with Gasteiger partial charge in [0.25, 0.3) is 0 Å². The second-order valence-electron chi connectivity index (χ2n) is 8.24. The van der Waals surface area contributed by atoms with Crippen molar-refractivity contribution < 1.29 is 9.59 Å². The van der Waals surface area contributed by atoms with E-state index in [-0.39, 0.29) is 36.0 Å². The number of Topliss-reactive ketones (excluding diaryl/α,β-unsaturated/α-hetero) is 1. The van der Waals surface area contributed by atoms with Crippen molar-refractivity contribution in [2.75, 3.05) is 31.9 Å². The number of amides is 1. The number of anilines is 1. The molecule has 8 heteroatoms. The molecule has 4 rings (SSSR count). The summed E-state index contributed by atoms with van der Waals surface area (Å²) in [6, 6.07) is 5.77. The van der Waals surface area contributed by atoms with Gasteiger partial charge >= 0.3 is 0 Å². The molecule has 2 aromatic rings. The van der Waals surface area contributed by atoms with E-state index in [9.17, 15) is 9.59 Å². The van der Waals surface area contributed by atoms with Crippen molar-refractivity contribution in [1.29, 1.82) is 0 Å². The number of hydrogen-bond acceptors (Lipinski definition) is 7. The maximum absolute atomic E-state index is 13.0.